The van der Waals surface area contributed by atoms with Crippen molar-refractivity contribution >= 4 is 12.9 Å². The molecule has 0 saturated heterocycles. The molecule has 0 radical (unpaired) electrons. The second kappa shape index (κ2) is 6.00. The molecule has 0 aromatic carbocycles. The van der Waals surface area contributed by atoms with Gasteiger partial charge in [0.25, 0.3) is 12.9 Å². The average molecular weight is 150 g/mol. The van der Waals surface area contributed by atoms with Crippen LogP contribution in [-0.4, -0.2) is 32.3 Å². The van der Waals surface area contributed by atoms with Gasteiger partial charge in [-0.25, -0.2) is 4.39 Å². The van der Waals surface area contributed by atoms with Crippen LogP contribution >= 0.6 is 0 Å². The maximum absolute atomic E-state index is 12.2. The van der Waals surface area contributed by atoms with E-state index in [2.05, 4.69) is 9.47 Å². The van der Waals surface area contributed by atoms with Crippen LogP contribution in [0.15, 0.2) is 0 Å². The molecule has 0 aromatic rings. The maximum atomic E-state index is 12.2. The fraction of sp³-hybridized carbons (Fsp3) is 0.600. The molecule has 4 nitrogen and oxygen atoms in total. The highest BCUT2D eigenvalue weighted by Gasteiger charge is 2.05. The zero-order valence-corrected chi connectivity index (χ0v) is 5.16. The third-order valence-electron chi connectivity index (χ3n) is 0.690. The molecular formula is C5H7FO4. The van der Waals surface area contributed by atoms with E-state index >= 15 is 0 Å². The minimum Gasteiger partial charge on any atom is -0.465 e. The van der Waals surface area contributed by atoms with Crippen molar-refractivity contribution in [1.29, 1.82) is 0 Å². The summed E-state index contributed by atoms with van der Waals surface area (Å²) in [4.78, 5) is 19.0. The van der Waals surface area contributed by atoms with Crippen LogP contribution in [0.25, 0.3) is 0 Å². The van der Waals surface area contributed by atoms with Gasteiger partial charge in [0.15, 0.2) is 6.17 Å². The Balaban J connectivity index is 3.15. The summed E-state index contributed by atoms with van der Waals surface area (Å²) >= 11 is 0. The first-order valence-electron chi connectivity index (χ1n) is 2.55. The molecule has 0 amide bonds. The highest BCUT2D eigenvalue weighted by molar-refractivity contribution is 5.37. The highest BCUT2D eigenvalue weighted by atomic mass is 19.1. The Morgan fingerprint density at radius 2 is 1.60 bits per heavy atom. The molecule has 0 bridgehead atoms. The van der Waals surface area contributed by atoms with Gasteiger partial charge in [-0.15, -0.1) is 0 Å². The largest absolute Gasteiger partial charge is 0.465 e. The zero-order valence-electron chi connectivity index (χ0n) is 5.16. The molecule has 0 aliphatic heterocycles. The maximum Gasteiger partial charge on any atom is 0.293 e. The van der Waals surface area contributed by atoms with Gasteiger partial charge in [0.2, 0.25) is 0 Å². The predicted molar refractivity (Wildman–Crippen MR) is 28.9 cm³/mol. The van der Waals surface area contributed by atoms with Gasteiger partial charge in [0.05, 0.1) is 0 Å². The summed E-state index contributed by atoms with van der Waals surface area (Å²) < 4.78 is 20.3. The van der Waals surface area contributed by atoms with Crippen LogP contribution in [0.3, 0.4) is 0 Å². The van der Waals surface area contributed by atoms with Gasteiger partial charge < -0.3 is 9.47 Å². The van der Waals surface area contributed by atoms with Gasteiger partial charge in [0.1, 0.15) is 13.2 Å². The van der Waals surface area contributed by atoms with Crippen LogP contribution in [0.5, 0.6) is 0 Å². The summed E-state index contributed by atoms with van der Waals surface area (Å²) in [5, 5.41) is 0. The van der Waals surface area contributed by atoms with E-state index in [1.165, 1.54) is 0 Å². The van der Waals surface area contributed by atoms with Gasteiger partial charge in [-0.2, -0.15) is 0 Å². The molecule has 58 valence electrons. The molecule has 10 heavy (non-hydrogen) atoms. The van der Waals surface area contributed by atoms with Crippen LogP contribution < -0.4 is 0 Å². The van der Waals surface area contributed by atoms with E-state index in [9.17, 15) is 14.0 Å². The van der Waals surface area contributed by atoms with E-state index in [1.54, 1.807) is 0 Å². The smallest absolute Gasteiger partial charge is 0.293 e. The first-order chi connectivity index (χ1) is 4.81. The number of carbonyl (C=O) groups is 2. The number of alkyl halides is 1. The van der Waals surface area contributed by atoms with Crippen molar-refractivity contribution in [2.75, 3.05) is 13.2 Å². The van der Waals surface area contributed by atoms with Crippen LogP contribution in [0.2, 0.25) is 0 Å². The minimum atomic E-state index is -1.43. The molecule has 0 rings (SSSR count). The zero-order chi connectivity index (χ0) is 7.82. The van der Waals surface area contributed by atoms with Gasteiger partial charge in [-0.05, 0) is 0 Å². The molecule has 0 aliphatic carbocycles. The lowest BCUT2D eigenvalue weighted by atomic mass is 10.4. The Kier molecular flexibility index (Phi) is 5.32. The van der Waals surface area contributed by atoms with E-state index in [4.69, 9.17) is 0 Å². The highest BCUT2D eigenvalue weighted by Crippen LogP contribution is 1.90. The Morgan fingerprint density at radius 3 is 1.90 bits per heavy atom. The summed E-state index contributed by atoms with van der Waals surface area (Å²) in [6.07, 6.45) is -1.43. The SMILES string of the molecule is O=COCC(F)COC=O. The first kappa shape index (κ1) is 8.87. The Labute approximate surface area is 56.9 Å². The van der Waals surface area contributed by atoms with Crippen molar-refractivity contribution in [3.63, 3.8) is 0 Å². The second-order valence-electron chi connectivity index (χ2n) is 1.46. The predicted octanol–water partition coefficient (Wildman–Crippen LogP) is -0.330. The number of hydrogen-bond acceptors (Lipinski definition) is 4. The van der Waals surface area contributed by atoms with Crippen LogP contribution in [0.1, 0.15) is 0 Å². The van der Waals surface area contributed by atoms with Crippen LogP contribution in [-0.2, 0) is 19.1 Å². The lowest BCUT2D eigenvalue weighted by molar-refractivity contribution is -0.134. The van der Waals surface area contributed by atoms with Gasteiger partial charge >= 0.3 is 0 Å². The monoisotopic (exact) mass is 150 g/mol. The van der Waals surface area contributed by atoms with Crippen molar-refractivity contribution < 1.29 is 23.5 Å². The lowest BCUT2D eigenvalue weighted by Gasteiger charge is -2.03. The summed E-state index contributed by atoms with van der Waals surface area (Å²) in [5.74, 6) is 0. The number of carbonyl (C=O) groups excluding carboxylic acids is 2. The van der Waals surface area contributed by atoms with E-state index in [0.717, 1.165) is 0 Å². The Hall–Kier alpha value is -1.13. The molecule has 5 heteroatoms. The normalized spacial score (nSPS) is 9.00. The number of hydrogen-bond donors (Lipinski definition) is 0. The number of halogens is 1. The number of rotatable bonds is 6. The summed E-state index contributed by atoms with van der Waals surface area (Å²) in [6.45, 7) is -0.490. The summed E-state index contributed by atoms with van der Waals surface area (Å²) in [7, 11) is 0. The van der Waals surface area contributed by atoms with Crippen molar-refractivity contribution in [2.45, 2.75) is 6.17 Å². The summed E-state index contributed by atoms with van der Waals surface area (Å²) in [6, 6.07) is 0. The molecule has 0 fully saturated rings. The molecule has 0 atom stereocenters. The van der Waals surface area contributed by atoms with Gasteiger partial charge in [-0.1, -0.05) is 0 Å². The van der Waals surface area contributed by atoms with Gasteiger partial charge in [-0.3, -0.25) is 9.59 Å². The molecule has 0 aliphatic rings. The topological polar surface area (TPSA) is 52.6 Å². The van der Waals surface area contributed by atoms with E-state index in [-0.39, 0.29) is 26.2 Å². The molecule has 0 unspecified atom stereocenters. The fourth-order valence-corrected chi connectivity index (χ4v) is 0.336. The molecule has 0 saturated carbocycles. The molecule has 0 N–H and O–H groups in total. The van der Waals surface area contributed by atoms with Crippen molar-refractivity contribution in [1.82, 2.24) is 0 Å². The molecule has 0 heterocycles. The van der Waals surface area contributed by atoms with Crippen molar-refractivity contribution in [3.8, 4) is 0 Å². The fourth-order valence-electron chi connectivity index (χ4n) is 0.336. The number of ether oxygens (including phenoxy) is 2. The van der Waals surface area contributed by atoms with Crippen LogP contribution in [0.4, 0.5) is 4.39 Å². The second-order valence-corrected chi connectivity index (χ2v) is 1.46. The standard InChI is InChI=1S/C5H7FO4/c6-5(1-9-3-7)2-10-4-8/h3-5H,1-2H2. The third-order valence-corrected chi connectivity index (χ3v) is 0.690. The van der Waals surface area contributed by atoms with E-state index < -0.39 is 6.17 Å². The van der Waals surface area contributed by atoms with Gasteiger partial charge in [0, 0.05) is 0 Å². The van der Waals surface area contributed by atoms with E-state index in [0.29, 0.717) is 0 Å². The first-order valence-corrected chi connectivity index (χ1v) is 2.55. The average Bonchev–Trinajstić information content (AvgIpc) is 1.97. The lowest BCUT2D eigenvalue weighted by Crippen LogP contribution is -2.16. The molecule has 0 aromatic heterocycles. The minimum absolute atomic E-state index is 0.132. The summed E-state index contributed by atoms with van der Waals surface area (Å²) in [5.41, 5.74) is 0. The van der Waals surface area contributed by atoms with E-state index in [1.807, 2.05) is 0 Å². The quantitative estimate of drug-likeness (QED) is 0.486. The Morgan fingerprint density at radius 1 is 1.20 bits per heavy atom. The van der Waals surface area contributed by atoms with Crippen molar-refractivity contribution in [3.05, 3.63) is 0 Å². The third kappa shape index (κ3) is 5.02. The molecule has 0 spiro atoms. The Bertz CT molecular complexity index is 93.8. The molecular weight excluding hydrogens is 143 g/mol. The van der Waals surface area contributed by atoms with Crippen molar-refractivity contribution in [2.24, 2.45) is 0 Å². The van der Waals surface area contributed by atoms with Crippen LogP contribution in [0, 0.1) is 0 Å².